The lowest BCUT2D eigenvalue weighted by molar-refractivity contribution is -0.124. The minimum absolute atomic E-state index is 0.0125. The van der Waals surface area contributed by atoms with Crippen LogP contribution in [0.15, 0.2) is 48.5 Å². The number of benzene rings is 2. The smallest absolute Gasteiger partial charge is 0.340 e. The van der Waals surface area contributed by atoms with Crippen molar-refractivity contribution >= 4 is 23.5 Å². The number of nitrogens with one attached hydrogen (secondary N) is 2. The Labute approximate surface area is 174 Å². The molecule has 8 heteroatoms. The molecule has 0 bridgehead atoms. The topological polar surface area (TPSA) is 103 Å². The fraction of sp³-hybridized carbons (Fsp3) is 0.318. The molecular weight excluding hydrogens is 388 g/mol. The van der Waals surface area contributed by atoms with Crippen molar-refractivity contribution in [3.63, 3.8) is 0 Å². The zero-order valence-electron chi connectivity index (χ0n) is 16.7. The molecule has 0 saturated carbocycles. The first kappa shape index (κ1) is 21.3. The van der Waals surface area contributed by atoms with Crippen LogP contribution < -0.4 is 15.4 Å². The maximum Gasteiger partial charge on any atom is 0.340 e. The molecule has 30 heavy (non-hydrogen) atoms. The van der Waals surface area contributed by atoms with Crippen LogP contribution in [0.1, 0.15) is 33.6 Å². The highest BCUT2D eigenvalue weighted by molar-refractivity contribution is 6.08. The maximum atomic E-state index is 12.5. The van der Waals surface area contributed by atoms with Crippen LogP contribution in [0.4, 0.5) is 5.69 Å². The highest BCUT2D eigenvalue weighted by Crippen LogP contribution is 2.18. The molecular formula is C22H24N2O6. The summed E-state index contributed by atoms with van der Waals surface area (Å²) in [6, 6.07) is 13.0. The number of ether oxygens (including phenoxy) is 3. The highest BCUT2D eigenvalue weighted by atomic mass is 16.5. The minimum atomic E-state index is -0.701. The molecule has 1 heterocycles. The Balaban J connectivity index is 1.55. The Morgan fingerprint density at radius 1 is 1.10 bits per heavy atom. The third-order valence-electron chi connectivity index (χ3n) is 4.63. The van der Waals surface area contributed by atoms with Gasteiger partial charge < -0.3 is 24.8 Å². The van der Waals surface area contributed by atoms with Gasteiger partial charge in [-0.25, -0.2) is 4.79 Å². The van der Waals surface area contributed by atoms with Crippen LogP contribution in [-0.2, 0) is 14.3 Å². The molecule has 2 aromatic carbocycles. The van der Waals surface area contributed by atoms with Gasteiger partial charge in [-0.15, -0.1) is 0 Å². The Morgan fingerprint density at radius 2 is 1.87 bits per heavy atom. The summed E-state index contributed by atoms with van der Waals surface area (Å²) in [4.78, 5) is 36.8. The van der Waals surface area contributed by atoms with Gasteiger partial charge in [-0.3, -0.25) is 9.59 Å². The molecule has 3 rings (SSSR count). The SMILES string of the molecule is COc1ccc(C(=O)Nc2ccccc2C(=O)OCC(=O)NC[C@@H]2CCCO2)cc1. The van der Waals surface area contributed by atoms with Crippen LogP contribution in [0.5, 0.6) is 5.75 Å². The van der Waals surface area contributed by atoms with Gasteiger partial charge >= 0.3 is 5.97 Å². The predicted molar refractivity (Wildman–Crippen MR) is 110 cm³/mol. The van der Waals surface area contributed by atoms with E-state index in [0.717, 1.165) is 12.8 Å². The van der Waals surface area contributed by atoms with E-state index in [4.69, 9.17) is 14.2 Å². The van der Waals surface area contributed by atoms with Crippen LogP contribution in [-0.4, -0.2) is 50.8 Å². The van der Waals surface area contributed by atoms with E-state index in [1.165, 1.54) is 6.07 Å². The van der Waals surface area contributed by atoms with Crippen molar-refractivity contribution in [3.05, 3.63) is 59.7 Å². The van der Waals surface area contributed by atoms with Crippen LogP contribution >= 0.6 is 0 Å². The minimum Gasteiger partial charge on any atom is -0.497 e. The number of anilines is 1. The van der Waals surface area contributed by atoms with E-state index in [1.54, 1.807) is 49.6 Å². The Morgan fingerprint density at radius 3 is 2.57 bits per heavy atom. The zero-order chi connectivity index (χ0) is 21.3. The van der Waals surface area contributed by atoms with E-state index >= 15 is 0 Å². The van der Waals surface area contributed by atoms with Gasteiger partial charge in [0.2, 0.25) is 0 Å². The zero-order valence-corrected chi connectivity index (χ0v) is 16.7. The average Bonchev–Trinajstić information content (AvgIpc) is 3.30. The second-order valence-corrected chi connectivity index (χ2v) is 6.74. The number of para-hydroxylation sites is 1. The van der Waals surface area contributed by atoms with E-state index in [0.29, 0.717) is 30.2 Å². The Bertz CT molecular complexity index is 891. The molecule has 2 aromatic rings. The molecule has 1 aliphatic rings. The van der Waals surface area contributed by atoms with Gasteiger partial charge in [0, 0.05) is 18.7 Å². The van der Waals surface area contributed by atoms with Crippen LogP contribution in [0.25, 0.3) is 0 Å². The standard InChI is InChI=1S/C22H24N2O6/c1-28-16-10-8-15(9-11-16)21(26)24-19-7-3-2-6-18(19)22(27)30-14-20(25)23-13-17-5-4-12-29-17/h2-3,6-11,17H,4-5,12-14H2,1H3,(H,23,25)(H,24,26)/t17-/m0/s1. The summed E-state index contributed by atoms with van der Waals surface area (Å²) in [5.74, 6) is -0.855. The molecule has 0 radical (unpaired) electrons. The number of carbonyl (C=O) groups is 3. The number of methoxy groups -OCH3 is 1. The molecule has 0 aromatic heterocycles. The van der Waals surface area contributed by atoms with Gasteiger partial charge in [-0.05, 0) is 49.2 Å². The van der Waals surface area contributed by atoms with Gasteiger partial charge in [0.15, 0.2) is 6.61 Å². The summed E-state index contributed by atoms with van der Waals surface area (Å²) in [6.45, 7) is 0.686. The molecule has 0 unspecified atom stereocenters. The fourth-order valence-electron chi connectivity index (χ4n) is 3.00. The van der Waals surface area contributed by atoms with Crippen LogP contribution in [0.3, 0.4) is 0 Å². The number of esters is 1. The first-order chi connectivity index (χ1) is 14.6. The Kier molecular flexibility index (Phi) is 7.40. The van der Waals surface area contributed by atoms with Crippen molar-refractivity contribution in [2.24, 2.45) is 0 Å². The van der Waals surface area contributed by atoms with E-state index in [-0.39, 0.29) is 17.6 Å². The number of rotatable bonds is 8. The van der Waals surface area contributed by atoms with E-state index in [9.17, 15) is 14.4 Å². The normalized spacial score (nSPS) is 15.3. The van der Waals surface area contributed by atoms with Gasteiger partial charge in [0.1, 0.15) is 5.75 Å². The highest BCUT2D eigenvalue weighted by Gasteiger charge is 2.18. The van der Waals surface area contributed by atoms with E-state index < -0.39 is 18.5 Å². The molecule has 158 valence electrons. The first-order valence-corrected chi connectivity index (χ1v) is 9.66. The molecule has 0 aliphatic carbocycles. The van der Waals surface area contributed by atoms with Crippen LogP contribution in [0, 0.1) is 0 Å². The van der Waals surface area contributed by atoms with Crippen LogP contribution in [0.2, 0.25) is 0 Å². The third-order valence-corrected chi connectivity index (χ3v) is 4.63. The van der Waals surface area contributed by atoms with Crippen molar-refractivity contribution in [2.45, 2.75) is 18.9 Å². The summed E-state index contributed by atoms with van der Waals surface area (Å²) in [5.41, 5.74) is 0.863. The number of hydrogen-bond donors (Lipinski definition) is 2. The summed E-state index contributed by atoms with van der Waals surface area (Å²) in [6.07, 6.45) is 1.90. The van der Waals surface area contributed by atoms with Gasteiger partial charge in [-0.2, -0.15) is 0 Å². The molecule has 1 saturated heterocycles. The number of hydrogen-bond acceptors (Lipinski definition) is 6. The molecule has 2 amide bonds. The maximum absolute atomic E-state index is 12.5. The predicted octanol–water partition coefficient (Wildman–Crippen LogP) is 2.40. The molecule has 8 nitrogen and oxygen atoms in total. The molecule has 0 spiro atoms. The fourth-order valence-corrected chi connectivity index (χ4v) is 3.00. The lowest BCUT2D eigenvalue weighted by atomic mass is 10.1. The van der Waals surface area contributed by atoms with Gasteiger partial charge in [0.05, 0.1) is 24.5 Å². The third kappa shape index (κ3) is 5.81. The van der Waals surface area contributed by atoms with Crippen molar-refractivity contribution in [3.8, 4) is 5.75 Å². The lowest BCUT2D eigenvalue weighted by Crippen LogP contribution is -2.34. The average molecular weight is 412 g/mol. The Hall–Kier alpha value is -3.39. The largest absolute Gasteiger partial charge is 0.497 e. The van der Waals surface area contributed by atoms with Crippen molar-refractivity contribution in [1.82, 2.24) is 5.32 Å². The molecule has 1 aliphatic heterocycles. The molecule has 1 atom stereocenters. The summed E-state index contributed by atoms with van der Waals surface area (Å²) in [5, 5.41) is 5.39. The van der Waals surface area contributed by atoms with Gasteiger partial charge in [0.25, 0.3) is 11.8 Å². The van der Waals surface area contributed by atoms with Crippen molar-refractivity contribution < 1.29 is 28.6 Å². The quantitative estimate of drug-likeness (QED) is 0.646. The second-order valence-electron chi connectivity index (χ2n) is 6.74. The first-order valence-electron chi connectivity index (χ1n) is 9.66. The summed E-state index contributed by atoms with van der Waals surface area (Å²) < 4.78 is 15.6. The van der Waals surface area contributed by atoms with E-state index in [1.807, 2.05) is 0 Å². The summed E-state index contributed by atoms with van der Waals surface area (Å²) in [7, 11) is 1.54. The van der Waals surface area contributed by atoms with Gasteiger partial charge in [-0.1, -0.05) is 12.1 Å². The lowest BCUT2D eigenvalue weighted by Gasteiger charge is -2.12. The second kappa shape index (κ2) is 10.4. The monoisotopic (exact) mass is 412 g/mol. The number of carbonyl (C=O) groups excluding carboxylic acids is 3. The van der Waals surface area contributed by atoms with Crippen molar-refractivity contribution in [2.75, 3.05) is 32.2 Å². The summed E-state index contributed by atoms with van der Waals surface area (Å²) >= 11 is 0. The van der Waals surface area contributed by atoms with E-state index in [2.05, 4.69) is 10.6 Å². The molecule has 2 N–H and O–H groups in total. The number of amides is 2. The molecule has 1 fully saturated rings. The van der Waals surface area contributed by atoms with Crippen molar-refractivity contribution in [1.29, 1.82) is 0 Å².